The zero-order chi connectivity index (χ0) is 15.1. The first-order valence-corrected chi connectivity index (χ1v) is 8.34. The highest BCUT2D eigenvalue weighted by Gasteiger charge is 2.21. The molecule has 2 aromatic heterocycles. The largest absolute Gasteiger partial charge is 0.389 e. The van der Waals surface area contributed by atoms with Gasteiger partial charge in [0, 0.05) is 10.6 Å². The molecule has 4 nitrogen and oxygen atoms in total. The van der Waals surface area contributed by atoms with Crippen LogP contribution in [0, 0.1) is 0 Å². The van der Waals surface area contributed by atoms with Gasteiger partial charge in [-0.15, -0.1) is 11.3 Å². The van der Waals surface area contributed by atoms with Crippen LogP contribution >= 0.6 is 11.3 Å². The molecule has 1 atom stereocenters. The lowest BCUT2D eigenvalue weighted by molar-refractivity contribution is 0.199. The smallest absolute Gasteiger partial charge is 0.142 e. The van der Waals surface area contributed by atoms with Gasteiger partial charge in [0.2, 0.25) is 0 Å². The van der Waals surface area contributed by atoms with Gasteiger partial charge in [0.05, 0.1) is 11.5 Å². The Hall–Kier alpha value is -1.98. The SMILES string of the molecule is CC(O)c1cccc(Nc2ncnc3sc4c(c23)CCC4)c1. The average molecular weight is 311 g/mol. The number of aliphatic hydroxyl groups is 1. The topological polar surface area (TPSA) is 58.0 Å². The average Bonchev–Trinajstić information content (AvgIpc) is 3.08. The fourth-order valence-electron chi connectivity index (χ4n) is 3.04. The maximum Gasteiger partial charge on any atom is 0.142 e. The third-order valence-electron chi connectivity index (χ3n) is 4.13. The van der Waals surface area contributed by atoms with Gasteiger partial charge < -0.3 is 10.4 Å². The summed E-state index contributed by atoms with van der Waals surface area (Å²) in [5.41, 5.74) is 3.25. The quantitative estimate of drug-likeness (QED) is 0.768. The second kappa shape index (κ2) is 5.34. The van der Waals surface area contributed by atoms with Crippen LogP contribution in [-0.2, 0) is 12.8 Å². The highest BCUT2D eigenvalue weighted by molar-refractivity contribution is 7.19. The van der Waals surface area contributed by atoms with Crippen LogP contribution in [0.15, 0.2) is 30.6 Å². The Morgan fingerprint density at radius 1 is 1.27 bits per heavy atom. The van der Waals surface area contributed by atoms with Crippen molar-refractivity contribution in [2.75, 3.05) is 5.32 Å². The van der Waals surface area contributed by atoms with E-state index in [2.05, 4.69) is 15.3 Å². The van der Waals surface area contributed by atoms with E-state index in [1.54, 1.807) is 24.6 Å². The molecule has 1 aliphatic rings. The maximum absolute atomic E-state index is 9.73. The third kappa shape index (κ3) is 2.26. The fraction of sp³-hybridized carbons (Fsp3) is 0.294. The van der Waals surface area contributed by atoms with Gasteiger partial charge in [-0.1, -0.05) is 12.1 Å². The van der Waals surface area contributed by atoms with E-state index < -0.39 is 6.10 Å². The number of nitrogens with one attached hydrogen (secondary N) is 1. The van der Waals surface area contributed by atoms with Gasteiger partial charge in [0.25, 0.3) is 0 Å². The standard InChI is InChI=1S/C17H17N3OS/c1-10(21)11-4-2-5-12(8-11)20-16-15-13-6-3-7-14(13)22-17(15)19-9-18-16/h2,4-5,8-10,21H,3,6-7H2,1H3,(H,18,19,20). The molecule has 0 saturated carbocycles. The molecule has 0 saturated heterocycles. The van der Waals surface area contributed by atoms with E-state index in [-0.39, 0.29) is 0 Å². The summed E-state index contributed by atoms with van der Waals surface area (Å²) in [5.74, 6) is 0.868. The predicted octanol–water partition coefficient (Wildman–Crippen LogP) is 3.98. The Morgan fingerprint density at radius 3 is 3.05 bits per heavy atom. The molecule has 0 radical (unpaired) electrons. The van der Waals surface area contributed by atoms with Crippen molar-refractivity contribution in [3.05, 3.63) is 46.6 Å². The number of anilines is 2. The number of hydrogen-bond acceptors (Lipinski definition) is 5. The van der Waals surface area contributed by atoms with Gasteiger partial charge in [-0.25, -0.2) is 9.97 Å². The lowest BCUT2D eigenvalue weighted by atomic mass is 10.1. The van der Waals surface area contributed by atoms with E-state index in [4.69, 9.17) is 0 Å². The number of benzene rings is 1. The Kier molecular flexibility index (Phi) is 3.32. The second-order valence-electron chi connectivity index (χ2n) is 5.69. The van der Waals surface area contributed by atoms with Gasteiger partial charge >= 0.3 is 0 Å². The summed E-state index contributed by atoms with van der Waals surface area (Å²) < 4.78 is 0. The fourth-order valence-corrected chi connectivity index (χ4v) is 4.27. The number of fused-ring (bicyclic) bond motifs is 3. The zero-order valence-corrected chi connectivity index (χ0v) is 13.2. The Labute approximate surface area is 132 Å². The molecule has 1 aromatic carbocycles. The monoisotopic (exact) mass is 311 g/mol. The Morgan fingerprint density at radius 2 is 2.18 bits per heavy atom. The molecule has 22 heavy (non-hydrogen) atoms. The number of aromatic nitrogens is 2. The van der Waals surface area contributed by atoms with E-state index in [0.717, 1.165) is 34.7 Å². The summed E-state index contributed by atoms with van der Waals surface area (Å²) in [7, 11) is 0. The summed E-state index contributed by atoms with van der Waals surface area (Å²) in [4.78, 5) is 11.4. The van der Waals surface area contributed by atoms with Crippen LogP contribution in [-0.4, -0.2) is 15.1 Å². The molecular weight excluding hydrogens is 294 g/mol. The van der Waals surface area contributed by atoms with Crippen molar-refractivity contribution in [1.82, 2.24) is 9.97 Å². The number of hydrogen-bond donors (Lipinski definition) is 2. The van der Waals surface area contributed by atoms with Crippen LogP contribution in [0.4, 0.5) is 11.5 Å². The van der Waals surface area contributed by atoms with Crippen molar-refractivity contribution < 1.29 is 5.11 Å². The minimum Gasteiger partial charge on any atom is -0.389 e. The number of aryl methyl sites for hydroxylation is 2. The highest BCUT2D eigenvalue weighted by Crippen LogP contribution is 2.39. The molecule has 4 rings (SSSR count). The van der Waals surface area contributed by atoms with Crippen molar-refractivity contribution in [1.29, 1.82) is 0 Å². The number of thiophene rings is 1. The molecule has 2 heterocycles. The van der Waals surface area contributed by atoms with Crippen molar-refractivity contribution in [2.24, 2.45) is 0 Å². The van der Waals surface area contributed by atoms with Gasteiger partial charge in [0.15, 0.2) is 0 Å². The molecule has 0 amide bonds. The highest BCUT2D eigenvalue weighted by atomic mass is 32.1. The summed E-state index contributed by atoms with van der Waals surface area (Å²) in [5, 5.41) is 14.3. The number of aliphatic hydroxyl groups excluding tert-OH is 1. The number of rotatable bonds is 3. The molecular formula is C17H17N3OS. The predicted molar refractivity (Wildman–Crippen MR) is 89.8 cm³/mol. The lowest BCUT2D eigenvalue weighted by Crippen LogP contribution is -1.98. The van der Waals surface area contributed by atoms with Crippen LogP contribution in [0.5, 0.6) is 0 Å². The molecule has 0 bridgehead atoms. The summed E-state index contributed by atoms with van der Waals surface area (Å²) in [6.45, 7) is 1.77. The summed E-state index contributed by atoms with van der Waals surface area (Å²) in [6, 6.07) is 7.83. The molecule has 1 unspecified atom stereocenters. The molecule has 112 valence electrons. The summed E-state index contributed by atoms with van der Waals surface area (Å²) >= 11 is 1.79. The molecule has 3 aromatic rings. The van der Waals surface area contributed by atoms with Gasteiger partial charge in [-0.05, 0) is 49.4 Å². The van der Waals surface area contributed by atoms with E-state index in [9.17, 15) is 5.11 Å². The van der Waals surface area contributed by atoms with E-state index >= 15 is 0 Å². The normalized spacial score (nSPS) is 15.0. The molecule has 5 heteroatoms. The van der Waals surface area contributed by atoms with Crippen molar-refractivity contribution in [3.63, 3.8) is 0 Å². The Balaban J connectivity index is 1.77. The van der Waals surface area contributed by atoms with Gasteiger partial charge in [-0.2, -0.15) is 0 Å². The first-order chi connectivity index (χ1) is 10.7. The van der Waals surface area contributed by atoms with E-state index in [1.807, 2.05) is 24.3 Å². The van der Waals surface area contributed by atoms with Gasteiger partial charge in [-0.3, -0.25) is 0 Å². The van der Waals surface area contributed by atoms with E-state index in [1.165, 1.54) is 22.2 Å². The zero-order valence-electron chi connectivity index (χ0n) is 12.3. The van der Waals surface area contributed by atoms with Crippen LogP contribution in [0.25, 0.3) is 10.2 Å². The summed E-state index contributed by atoms with van der Waals surface area (Å²) in [6.07, 6.45) is 4.65. The Bertz CT molecular complexity index is 841. The molecule has 1 aliphatic carbocycles. The first-order valence-electron chi connectivity index (χ1n) is 7.52. The molecule has 0 fully saturated rings. The third-order valence-corrected chi connectivity index (χ3v) is 5.33. The van der Waals surface area contributed by atoms with Crippen LogP contribution in [0.2, 0.25) is 0 Å². The lowest BCUT2D eigenvalue weighted by Gasteiger charge is -2.10. The van der Waals surface area contributed by atoms with Crippen molar-refractivity contribution in [2.45, 2.75) is 32.3 Å². The van der Waals surface area contributed by atoms with Crippen LogP contribution in [0.3, 0.4) is 0 Å². The first kappa shape index (κ1) is 13.7. The van der Waals surface area contributed by atoms with Crippen LogP contribution < -0.4 is 5.32 Å². The number of nitrogens with zero attached hydrogens (tertiary/aromatic N) is 2. The van der Waals surface area contributed by atoms with E-state index in [0.29, 0.717) is 0 Å². The van der Waals surface area contributed by atoms with Crippen molar-refractivity contribution in [3.8, 4) is 0 Å². The molecule has 0 spiro atoms. The minimum absolute atomic E-state index is 0.474. The molecule has 0 aliphatic heterocycles. The van der Waals surface area contributed by atoms with Crippen molar-refractivity contribution >= 4 is 33.1 Å². The van der Waals surface area contributed by atoms with Gasteiger partial charge in [0.1, 0.15) is 17.0 Å². The molecule has 2 N–H and O–H groups in total. The minimum atomic E-state index is -0.474. The van der Waals surface area contributed by atoms with Crippen LogP contribution in [0.1, 0.15) is 35.5 Å². The maximum atomic E-state index is 9.73. The second-order valence-corrected chi connectivity index (χ2v) is 6.77.